The van der Waals surface area contributed by atoms with E-state index >= 15 is 0 Å². The van der Waals surface area contributed by atoms with E-state index in [-0.39, 0.29) is 0 Å². The highest BCUT2D eigenvalue weighted by atomic mass is 79.9. The maximum Gasteiger partial charge on any atom is 0.0989 e. The van der Waals surface area contributed by atoms with Gasteiger partial charge in [-0.05, 0) is 44.0 Å². The van der Waals surface area contributed by atoms with E-state index < -0.39 is 6.10 Å². The van der Waals surface area contributed by atoms with Crippen molar-refractivity contribution >= 4 is 15.9 Å². The van der Waals surface area contributed by atoms with Crippen molar-refractivity contribution in [3.63, 3.8) is 0 Å². The van der Waals surface area contributed by atoms with Crippen LogP contribution in [0.4, 0.5) is 0 Å². The van der Waals surface area contributed by atoms with Crippen LogP contribution >= 0.6 is 15.9 Å². The van der Waals surface area contributed by atoms with Crippen LogP contribution in [0.15, 0.2) is 22.8 Å². The van der Waals surface area contributed by atoms with Crippen LogP contribution in [0.2, 0.25) is 0 Å². The Kier molecular flexibility index (Phi) is 3.72. The highest BCUT2D eigenvalue weighted by molar-refractivity contribution is 9.10. The normalized spacial score (nSPS) is 20.1. The van der Waals surface area contributed by atoms with Crippen molar-refractivity contribution in [2.24, 2.45) is 5.92 Å². The average Bonchev–Trinajstić information content (AvgIpc) is 2.29. The monoisotopic (exact) mass is 270 g/mol. The Morgan fingerprint density at radius 3 is 2.87 bits per heavy atom. The molecule has 1 unspecified atom stereocenters. The fourth-order valence-electron chi connectivity index (χ4n) is 1.98. The second kappa shape index (κ2) is 5.05. The first-order valence-electron chi connectivity index (χ1n) is 5.27. The van der Waals surface area contributed by atoms with Gasteiger partial charge in [-0.3, -0.25) is 4.98 Å². The van der Waals surface area contributed by atoms with Gasteiger partial charge in [0, 0.05) is 10.7 Å². The van der Waals surface area contributed by atoms with Gasteiger partial charge < -0.3 is 10.4 Å². The van der Waals surface area contributed by atoms with E-state index in [4.69, 9.17) is 0 Å². The molecule has 0 radical (unpaired) electrons. The number of pyridine rings is 1. The van der Waals surface area contributed by atoms with Gasteiger partial charge in [-0.1, -0.05) is 15.9 Å². The predicted molar refractivity (Wildman–Crippen MR) is 62.5 cm³/mol. The van der Waals surface area contributed by atoms with E-state index in [2.05, 4.69) is 26.2 Å². The Hall–Kier alpha value is -0.450. The SMILES string of the molecule is OC(c1cc(Br)ccn1)C1CCNCC1. The molecule has 15 heavy (non-hydrogen) atoms. The Morgan fingerprint density at radius 1 is 1.47 bits per heavy atom. The molecule has 1 saturated heterocycles. The minimum atomic E-state index is -0.426. The molecule has 0 amide bonds. The number of hydrogen-bond acceptors (Lipinski definition) is 3. The first kappa shape index (κ1) is 11.0. The maximum atomic E-state index is 10.2. The van der Waals surface area contributed by atoms with Crippen molar-refractivity contribution in [2.45, 2.75) is 18.9 Å². The number of aromatic nitrogens is 1. The van der Waals surface area contributed by atoms with Gasteiger partial charge in [-0.2, -0.15) is 0 Å². The molecular formula is C11H15BrN2O. The first-order chi connectivity index (χ1) is 7.27. The van der Waals surface area contributed by atoms with Crippen LogP contribution in [0.5, 0.6) is 0 Å². The third-order valence-electron chi connectivity index (χ3n) is 2.88. The Morgan fingerprint density at radius 2 is 2.20 bits per heavy atom. The van der Waals surface area contributed by atoms with Crippen molar-refractivity contribution in [3.8, 4) is 0 Å². The molecule has 0 aliphatic carbocycles. The van der Waals surface area contributed by atoms with Crippen molar-refractivity contribution in [3.05, 3.63) is 28.5 Å². The van der Waals surface area contributed by atoms with E-state index in [1.807, 2.05) is 12.1 Å². The summed E-state index contributed by atoms with van der Waals surface area (Å²) in [4.78, 5) is 4.21. The summed E-state index contributed by atoms with van der Waals surface area (Å²) < 4.78 is 0.973. The van der Waals surface area contributed by atoms with E-state index in [0.717, 1.165) is 36.1 Å². The summed E-state index contributed by atoms with van der Waals surface area (Å²) in [7, 11) is 0. The molecule has 0 aromatic carbocycles. The summed E-state index contributed by atoms with van der Waals surface area (Å²) in [5, 5.41) is 13.5. The number of hydrogen-bond donors (Lipinski definition) is 2. The summed E-state index contributed by atoms with van der Waals surface area (Å²) in [6.07, 6.45) is 3.35. The number of piperidine rings is 1. The van der Waals surface area contributed by atoms with Crippen molar-refractivity contribution in [1.29, 1.82) is 0 Å². The zero-order valence-electron chi connectivity index (χ0n) is 8.49. The smallest absolute Gasteiger partial charge is 0.0989 e. The van der Waals surface area contributed by atoms with Crippen LogP contribution in [-0.2, 0) is 0 Å². The Labute approximate surface area is 98.0 Å². The highest BCUT2D eigenvalue weighted by Crippen LogP contribution is 2.28. The zero-order chi connectivity index (χ0) is 10.7. The van der Waals surface area contributed by atoms with Gasteiger partial charge in [0.2, 0.25) is 0 Å². The number of nitrogens with zero attached hydrogens (tertiary/aromatic N) is 1. The van der Waals surface area contributed by atoms with Gasteiger partial charge >= 0.3 is 0 Å². The van der Waals surface area contributed by atoms with Gasteiger partial charge in [0.1, 0.15) is 0 Å². The molecule has 0 spiro atoms. The quantitative estimate of drug-likeness (QED) is 0.863. The molecule has 1 aromatic heterocycles. The van der Waals surface area contributed by atoms with Crippen molar-refractivity contribution in [2.75, 3.05) is 13.1 Å². The molecule has 2 N–H and O–H groups in total. The van der Waals surface area contributed by atoms with Gasteiger partial charge in [-0.25, -0.2) is 0 Å². The molecule has 0 bridgehead atoms. The maximum absolute atomic E-state index is 10.2. The van der Waals surface area contributed by atoms with Gasteiger partial charge in [0.05, 0.1) is 11.8 Å². The fourth-order valence-corrected chi connectivity index (χ4v) is 2.34. The third-order valence-corrected chi connectivity index (χ3v) is 3.37. The highest BCUT2D eigenvalue weighted by Gasteiger charge is 2.23. The number of aliphatic hydroxyl groups excluding tert-OH is 1. The molecular weight excluding hydrogens is 256 g/mol. The van der Waals surface area contributed by atoms with E-state index in [1.165, 1.54) is 0 Å². The molecule has 2 heterocycles. The molecule has 1 atom stereocenters. The van der Waals surface area contributed by atoms with Crippen LogP contribution in [0.3, 0.4) is 0 Å². The second-order valence-electron chi connectivity index (χ2n) is 3.93. The Bertz CT molecular complexity index is 326. The molecule has 2 rings (SSSR count). The standard InChI is InChI=1S/C11H15BrN2O/c12-9-3-6-14-10(7-9)11(15)8-1-4-13-5-2-8/h3,6-8,11,13,15H,1-2,4-5H2. The number of nitrogens with one attached hydrogen (secondary N) is 1. The van der Waals surface area contributed by atoms with Crippen LogP contribution < -0.4 is 5.32 Å². The fraction of sp³-hybridized carbons (Fsp3) is 0.545. The summed E-state index contributed by atoms with van der Waals surface area (Å²) in [6.45, 7) is 1.99. The minimum absolute atomic E-state index is 0.341. The van der Waals surface area contributed by atoms with E-state index in [9.17, 15) is 5.11 Å². The molecule has 82 valence electrons. The van der Waals surface area contributed by atoms with Crippen LogP contribution in [0.25, 0.3) is 0 Å². The van der Waals surface area contributed by atoms with E-state index in [1.54, 1.807) is 6.20 Å². The lowest BCUT2D eigenvalue weighted by molar-refractivity contribution is 0.0851. The molecule has 4 heteroatoms. The molecule has 1 aliphatic heterocycles. The number of rotatable bonds is 2. The van der Waals surface area contributed by atoms with Gasteiger partial charge in [0.15, 0.2) is 0 Å². The molecule has 0 saturated carbocycles. The number of aliphatic hydroxyl groups is 1. The lowest BCUT2D eigenvalue weighted by atomic mass is 9.90. The topological polar surface area (TPSA) is 45.2 Å². The van der Waals surface area contributed by atoms with Crippen molar-refractivity contribution in [1.82, 2.24) is 10.3 Å². The first-order valence-corrected chi connectivity index (χ1v) is 6.07. The van der Waals surface area contributed by atoms with Crippen molar-refractivity contribution < 1.29 is 5.11 Å². The zero-order valence-corrected chi connectivity index (χ0v) is 10.1. The Balaban J connectivity index is 2.08. The number of halogens is 1. The van der Waals surface area contributed by atoms with Crippen LogP contribution in [0, 0.1) is 5.92 Å². The van der Waals surface area contributed by atoms with Crippen LogP contribution in [0.1, 0.15) is 24.6 Å². The average molecular weight is 271 g/mol. The van der Waals surface area contributed by atoms with E-state index in [0.29, 0.717) is 5.92 Å². The molecule has 1 aliphatic rings. The lowest BCUT2D eigenvalue weighted by Gasteiger charge is -2.26. The summed E-state index contributed by atoms with van der Waals surface area (Å²) in [5.74, 6) is 0.341. The molecule has 1 fully saturated rings. The second-order valence-corrected chi connectivity index (χ2v) is 4.85. The molecule has 1 aromatic rings. The van der Waals surface area contributed by atoms with Gasteiger partial charge in [-0.15, -0.1) is 0 Å². The van der Waals surface area contributed by atoms with Crippen LogP contribution in [-0.4, -0.2) is 23.2 Å². The lowest BCUT2D eigenvalue weighted by Crippen LogP contribution is -2.31. The summed E-state index contributed by atoms with van der Waals surface area (Å²) in [6, 6.07) is 3.77. The third kappa shape index (κ3) is 2.77. The summed E-state index contributed by atoms with van der Waals surface area (Å²) >= 11 is 3.39. The minimum Gasteiger partial charge on any atom is -0.387 e. The predicted octanol–water partition coefficient (Wildman–Crippen LogP) is 1.88. The molecule has 3 nitrogen and oxygen atoms in total. The largest absolute Gasteiger partial charge is 0.387 e. The summed E-state index contributed by atoms with van der Waals surface area (Å²) in [5.41, 5.74) is 0.774. The van der Waals surface area contributed by atoms with Gasteiger partial charge in [0.25, 0.3) is 0 Å².